The summed E-state index contributed by atoms with van der Waals surface area (Å²) in [6.45, 7) is 0.427. The van der Waals surface area contributed by atoms with Crippen molar-refractivity contribution in [2.75, 3.05) is 4.90 Å². The number of benzene rings is 5. The lowest BCUT2D eigenvalue weighted by Crippen LogP contribution is -2.29. The van der Waals surface area contributed by atoms with E-state index in [1.807, 2.05) is 84.9 Å². The van der Waals surface area contributed by atoms with Crippen LogP contribution in [0.2, 0.25) is 0 Å². The number of carbonyl (C=O) groups excluding carboxylic acids is 2. The molecule has 0 heterocycles. The molecule has 8 nitrogen and oxygen atoms in total. The Hall–Kier alpha value is -6.15. The first-order chi connectivity index (χ1) is 21.9. The van der Waals surface area contributed by atoms with Gasteiger partial charge in [-0.25, -0.2) is 4.79 Å². The molecule has 45 heavy (non-hydrogen) atoms. The molecule has 0 saturated heterocycles. The topological polar surface area (TPSA) is 116 Å². The van der Waals surface area contributed by atoms with E-state index in [4.69, 9.17) is 4.74 Å². The van der Waals surface area contributed by atoms with Crippen molar-refractivity contribution < 1.29 is 29.3 Å². The number of hydrogen-bond donors (Lipinski definition) is 3. The van der Waals surface area contributed by atoms with Gasteiger partial charge in [0.2, 0.25) is 0 Å². The number of rotatable bonds is 11. The zero-order valence-electron chi connectivity index (χ0n) is 24.2. The van der Waals surface area contributed by atoms with Gasteiger partial charge in [-0.2, -0.15) is 0 Å². The maximum absolute atomic E-state index is 13.4. The third-order valence-electron chi connectivity index (χ3n) is 6.92. The second-order valence-electron chi connectivity index (χ2n) is 10.1. The summed E-state index contributed by atoms with van der Waals surface area (Å²) in [6.07, 6.45) is 3.08. The Morgan fingerprint density at radius 2 is 1.36 bits per heavy atom. The number of para-hydroxylation sites is 1. The molecule has 8 heteroatoms. The third-order valence-corrected chi connectivity index (χ3v) is 6.92. The number of carboxylic acids is 1. The molecule has 0 fully saturated rings. The van der Waals surface area contributed by atoms with Crippen LogP contribution < -0.4 is 15.0 Å². The Balaban J connectivity index is 1.25. The van der Waals surface area contributed by atoms with Crippen LogP contribution in [0.5, 0.6) is 17.2 Å². The van der Waals surface area contributed by atoms with Crippen molar-refractivity contribution in [3.63, 3.8) is 0 Å². The van der Waals surface area contributed by atoms with E-state index >= 15 is 0 Å². The predicted molar refractivity (Wildman–Crippen MR) is 172 cm³/mol. The molecule has 0 aliphatic heterocycles. The molecular formula is C37H30N2O6. The largest absolute Gasteiger partial charge is 0.507 e. The highest BCUT2D eigenvalue weighted by molar-refractivity contribution is 6.04. The number of amides is 2. The van der Waals surface area contributed by atoms with Crippen LogP contribution in [0, 0.1) is 0 Å². The van der Waals surface area contributed by atoms with Gasteiger partial charge in [-0.15, -0.1) is 0 Å². The van der Waals surface area contributed by atoms with Crippen LogP contribution in [-0.4, -0.2) is 28.0 Å². The molecule has 5 aromatic rings. The van der Waals surface area contributed by atoms with Crippen molar-refractivity contribution in [2.24, 2.45) is 0 Å². The summed E-state index contributed by atoms with van der Waals surface area (Å²) in [7, 11) is 0. The first-order valence-electron chi connectivity index (χ1n) is 14.2. The predicted octanol–water partition coefficient (Wildman–Crippen LogP) is 7.06. The molecule has 0 atom stereocenters. The van der Waals surface area contributed by atoms with Crippen molar-refractivity contribution >= 4 is 29.5 Å². The molecule has 5 rings (SSSR count). The second kappa shape index (κ2) is 14.3. The van der Waals surface area contributed by atoms with Gasteiger partial charge in [-0.05, 0) is 77.4 Å². The number of phenols is 1. The number of ether oxygens (including phenoxy) is 1. The lowest BCUT2D eigenvalue weighted by atomic mass is 10.1. The smallest absolute Gasteiger partial charge is 0.339 e. The zero-order chi connectivity index (χ0) is 31.6. The van der Waals surface area contributed by atoms with E-state index in [-0.39, 0.29) is 23.9 Å². The van der Waals surface area contributed by atoms with Gasteiger partial charge in [0.05, 0.1) is 6.54 Å². The standard InChI is InChI=1S/C37H30N2O6/c40-34-21-18-30(23-33(34)37(43)44)39(35(41)22-15-26-7-3-1-4-8-26)25-28-11-16-29(17-12-28)36(42)38-24-27-13-19-32(20-14-27)45-31-9-5-2-6-10-31/h1-23,40H,24-25H2,(H,38,42)(H,43,44). The highest BCUT2D eigenvalue weighted by Crippen LogP contribution is 2.26. The minimum atomic E-state index is -1.31. The van der Waals surface area contributed by atoms with Crippen LogP contribution in [-0.2, 0) is 17.9 Å². The summed E-state index contributed by atoms with van der Waals surface area (Å²) in [6, 6.07) is 37.1. The number of aromatic hydroxyl groups is 1. The molecular weight excluding hydrogens is 568 g/mol. The van der Waals surface area contributed by atoms with E-state index in [0.717, 1.165) is 16.9 Å². The fourth-order valence-corrected chi connectivity index (χ4v) is 4.51. The fourth-order valence-electron chi connectivity index (χ4n) is 4.51. The van der Waals surface area contributed by atoms with E-state index in [2.05, 4.69) is 5.32 Å². The van der Waals surface area contributed by atoms with Gasteiger partial charge in [0.1, 0.15) is 22.8 Å². The number of nitrogens with zero attached hydrogens (tertiary/aromatic N) is 1. The van der Waals surface area contributed by atoms with E-state index in [1.165, 1.54) is 29.2 Å². The minimum absolute atomic E-state index is 0.0983. The molecule has 2 amide bonds. The van der Waals surface area contributed by atoms with Crippen molar-refractivity contribution in [1.29, 1.82) is 0 Å². The molecule has 3 N–H and O–H groups in total. The number of anilines is 1. The summed E-state index contributed by atoms with van der Waals surface area (Å²) in [5.41, 5.74) is 2.88. The maximum Gasteiger partial charge on any atom is 0.339 e. The molecule has 5 aromatic carbocycles. The van der Waals surface area contributed by atoms with Gasteiger partial charge in [-0.1, -0.05) is 72.8 Å². The second-order valence-corrected chi connectivity index (χ2v) is 10.1. The Bertz CT molecular complexity index is 1800. The summed E-state index contributed by atoms with van der Waals surface area (Å²) >= 11 is 0. The summed E-state index contributed by atoms with van der Waals surface area (Å²) < 4.78 is 5.81. The highest BCUT2D eigenvalue weighted by Gasteiger charge is 2.19. The van der Waals surface area contributed by atoms with Gasteiger partial charge in [0, 0.05) is 23.9 Å². The number of carbonyl (C=O) groups is 3. The molecule has 0 aliphatic rings. The van der Waals surface area contributed by atoms with Crippen molar-refractivity contribution in [3.8, 4) is 17.2 Å². The van der Waals surface area contributed by atoms with Gasteiger partial charge in [0.15, 0.2) is 0 Å². The van der Waals surface area contributed by atoms with Crippen LogP contribution in [0.4, 0.5) is 5.69 Å². The molecule has 0 unspecified atom stereocenters. The Kier molecular flexibility index (Phi) is 9.67. The number of hydrogen-bond acceptors (Lipinski definition) is 5. The molecule has 0 bridgehead atoms. The van der Waals surface area contributed by atoms with Crippen LogP contribution in [0.25, 0.3) is 6.08 Å². The number of nitrogens with one attached hydrogen (secondary N) is 1. The van der Waals surface area contributed by atoms with E-state index in [0.29, 0.717) is 29.1 Å². The van der Waals surface area contributed by atoms with Crippen molar-refractivity contribution in [3.05, 3.63) is 161 Å². The van der Waals surface area contributed by atoms with Crippen LogP contribution >= 0.6 is 0 Å². The summed E-state index contributed by atoms with van der Waals surface area (Å²) in [5.74, 6) is -0.913. The van der Waals surface area contributed by atoms with Crippen LogP contribution in [0.1, 0.15) is 37.4 Å². The lowest BCUT2D eigenvalue weighted by Gasteiger charge is -2.22. The SMILES string of the molecule is O=C(NCc1ccc(Oc2ccccc2)cc1)c1ccc(CN(C(=O)C=Cc2ccccc2)c2ccc(O)c(C(=O)O)c2)cc1. The Labute approximate surface area is 260 Å². The molecule has 0 radical (unpaired) electrons. The molecule has 0 aromatic heterocycles. The number of aromatic carboxylic acids is 1. The van der Waals surface area contributed by atoms with Crippen molar-refractivity contribution in [1.82, 2.24) is 5.32 Å². The minimum Gasteiger partial charge on any atom is -0.507 e. The summed E-state index contributed by atoms with van der Waals surface area (Å²) in [4.78, 5) is 39.3. The summed E-state index contributed by atoms with van der Waals surface area (Å²) in [5, 5.41) is 22.4. The van der Waals surface area contributed by atoms with Crippen LogP contribution in [0.15, 0.2) is 133 Å². The maximum atomic E-state index is 13.4. The Morgan fingerprint density at radius 1 is 0.733 bits per heavy atom. The Morgan fingerprint density at radius 3 is 2.02 bits per heavy atom. The van der Waals surface area contributed by atoms with E-state index < -0.39 is 11.7 Å². The fraction of sp³-hybridized carbons (Fsp3) is 0.0541. The lowest BCUT2D eigenvalue weighted by molar-refractivity contribution is -0.114. The molecule has 0 saturated carbocycles. The van der Waals surface area contributed by atoms with E-state index in [1.54, 1.807) is 30.3 Å². The van der Waals surface area contributed by atoms with Gasteiger partial charge in [0.25, 0.3) is 11.8 Å². The normalized spacial score (nSPS) is 10.8. The third kappa shape index (κ3) is 8.24. The highest BCUT2D eigenvalue weighted by atomic mass is 16.5. The van der Waals surface area contributed by atoms with Gasteiger partial charge in [-0.3, -0.25) is 9.59 Å². The monoisotopic (exact) mass is 598 g/mol. The first-order valence-corrected chi connectivity index (χ1v) is 14.2. The van der Waals surface area contributed by atoms with Crippen LogP contribution in [0.3, 0.4) is 0 Å². The van der Waals surface area contributed by atoms with Crippen molar-refractivity contribution in [2.45, 2.75) is 13.1 Å². The zero-order valence-corrected chi connectivity index (χ0v) is 24.2. The quantitative estimate of drug-likeness (QED) is 0.140. The average molecular weight is 599 g/mol. The molecule has 0 aliphatic carbocycles. The van der Waals surface area contributed by atoms with Gasteiger partial charge >= 0.3 is 5.97 Å². The number of carboxylic acid groups (broad SMARTS) is 1. The van der Waals surface area contributed by atoms with E-state index in [9.17, 15) is 24.6 Å². The first kappa shape index (κ1) is 30.3. The molecule has 0 spiro atoms. The average Bonchev–Trinajstić information content (AvgIpc) is 3.07. The molecule has 224 valence electrons. The van der Waals surface area contributed by atoms with Gasteiger partial charge < -0.3 is 25.2 Å².